The molecular weight excluding hydrogens is 282 g/mol. The van der Waals surface area contributed by atoms with Gasteiger partial charge < -0.3 is 20.5 Å². The van der Waals surface area contributed by atoms with E-state index in [9.17, 15) is 14.7 Å². The lowest BCUT2D eigenvalue weighted by atomic mass is 10.1. The van der Waals surface area contributed by atoms with Crippen molar-refractivity contribution in [1.82, 2.24) is 4.37 Å². The first kappa shape index (κ1) is 14.9. The number of carboxylic acid groups (broad SMARTS) is 1. The molecule has 2 rings (SSSR count). The average molecular weight is 299 g/mol. The topological polar surface area (TPSA) is 106 Å². The van der Waals surface area contributed by atoms with Crippen LogP contribution in [-0.4, -0.2) is 47.2 Å². The predicted octanol–water partition coefficient (Wildman–Crippen LogP) is 0.619. The molecule has 1 aliphatic rings. The number of ether oxygens (including phenoxy) is 1. The highest BCUT2D eigenvalue weighted by molar-refractivity contribution is 7.11. The summed E-state index contributed by atoms with van der Waals surface area (Å²) in [6.45, 7) is 1.99. The average Bonchev–Trinajstić information content (AvgIpc) is 3.03. The van der Waals surface area contributed by atoms with Gasteiger partial charge in [0.25, 0.3) is 5.91 Å². The second kappa shape index (κ2) is 5.86. The number of carboxylic acids is 1. The molecule has 20 heavy (non-hydrogen) atoms. The van der Waals surface area contributed by atoms with Crippen LogP contribution < -0.4 is 10.6 Å². The maximum atomic E-state index is 12.3. The van der Waals surface area contributed by atoms with Gasteiger partial charge in [0.1, 0.15) is 16.7 Å². The van der Waals surface area contributed by atoms with Gasteiger partial charge in [0.15, 0.2) is 0 Å². The molecule has 2 atom stereocenters. The normalized spacial score (nSPS) is 21.9. The number of anilines is 1. The quantitative estimate of drug-likeness (QED) is 0.844. The third-order valence-electron chi connectivity index (χ3n) is 3.34. The van der Waals surface area contributed by atoms with E-state index in [2.05, 4.69) is 4.37 Å². The van der Waals surface area contributed by atoms with Gasteiger partial charge in [-0.3, -0.25) is 4.79 Å². The Balaban J connectivity index is 2.17. The minimum atomic E-state index is -1.09. The Labute approximate surface area is 120 Å². The Morgan fingerprint density at radius 2 is 2.25 bits per heavy atom. The number of nitrogens with two attached hydrogens (primary N) is 1. The molecule has 0 bridgehead atoms. The number of hydrogen-bond donors (Lipinski definition) is 2. The molecule has 3 N–H and O–H groups in total. The second-order valence-corrected chi connectivity index (χ2v) is 5.46. The molecule has 2 unspecified atom stereocenters. The Hall–Kier alpha value is -1.51. The van der Waals surface area contributed by atoms with Crippen molar-refractivity contribution in [3.8, 4) is 0 Å². The lowest BCUT2D eigenvalue weighted by Crippen LogP contribution is -2.37. The molecule has 1 aromatic heterocycles. The van der Waals surface area contributed by atoms with Gasteiger partial charge in [0.05, 0.1) is 11.8 Å². The summed E-state index contributed by atoms with van der Waals surface area (Å²) in [5.41, 5.74) is 5.99. The minimum Gasteiger partial charge on any atom is -0.478 e. The second-order valence-electron chi connectivity index (χ2n) is 4.71. The molecule has 2 heterocycles. The van der Waals surface area contributed by atoms with Crippen LogP contribution in [0.3, 0.4) is 0 Å². The largest absolute Gasteiger partial charge is 0.478 e. The smallest absolute Gasteiger partial charge is 0.340 e. The highest BCUT2D eigenvalue weighted by atomic mass is 32.1. The molecule has 0 spiro atoms. The van der Waals surface area contributed by atoms with Crippen molar-refractivity contribution in [3.05, 3.63) is 11.3 Å². The number of amides is 1. The van der Waals surface area contributed by atoms with Gasteiger partial charge in [-0.05, 0) is 31.3 Å². The van der Waals surface area contributed by atoms with E-state index in [1.165, 1.54) is 4.90 Å². The summed E-state index contributed by atoms with van der Waals surface area (Å²) >= 11 is 1.00. The summed E-state index contributed by atoms with van der Waals surface area (Å²) in [5, 5.41) is 9.53. The van der Waals surface area contributed by atoms with E-state index >= 15 is 0 Å². The van der Waals surface area contributed by atoms with E-state index in [0.29, 0.717) is 23.7 Å². The summed E-state index contributed by atoms with van der Waals surface area (Å²) in [7, 11) is 1.54. The number of aromatic carboxylic acids is 1. The summed E-state index contributed by atoms with van der Waals surface area (Å²) in [6.07, 6.45) is 0.691. The van der Waals surface area contributed by atoms with Crippen LogP contribution in [0.15, 0.2) is 0 Å². The monoisotopic (exact) mass is 299 g/mol. The number of carbonyl (C=O) groups is 2. The van der Waals surface area contributed by atoms with Crippen molar-refractivity contribution in [2.45, 2.75) is 32.0 Å². The van der Waals surface area contributed by atoms with Gasteiger partial charge in [-0.25, -0.2) is 4.79 Å². The first-order valence-corrected chi connectivity index (χ1v) is 7.05. The summed E-state index contributed by atoms with van der Waals surface area (Å²) in [6, 6.07) is 0. The Morgan fingerprint density at radius 1 is 1.55 bits per heavy atom. The van der Waals surface area contributed by atoms with Gasteiger partial charge in [0, 0.05) is 13.6 Å². The Morgan fingerprint density at radius 3 is 2.80 bits per heavy atom. The van der Waals surface area contributed by atoms with Crippen molar-refractivity contribution in [2.75, 3.05) is 18.5 Å². The van der Waals surface area contributed by atoms with Gasteiger partial charge >= 0.3 is 5.97 Å². The van der Waals surface area contributed by atoms with E-state index in [0.717, 1.165) is 18.0 Å². The number of aryl methyl sites for hydroxylation is 1. The SMILES string of the molecule is Cc1nsc(N(C)C(=O)C2CCC(CN)O2)c1C(=O)O. The maximum absolute atomic E-state index is 12.3. The van der Waals surface area contributed by atoms with Crippen molar-refractivity contribution in [3.63, 3.8) is 0 Å². The van der Waals surface area contributed by atoms with Crippen molar-refractivity contribution in [2.24, 2.45) is 5.73 Å². The Kier molecular flexibility index (Phi) is 4.36. The zero-order chi connectivity index (χ0) is 14.9. The maximum Gasteiger partial charge on any atom is 0.340 e. The predicted molar refractivity (Wildman–Crippen MR) is 74.2 cm³/mol. The van der Waals surface area contributed by atoms with Gasteiger partial charge in [-0.15, -0.1) is 0 Å². The molecular formula is C12H17N3O4S. The molecule has 0 radical (unpaired) electrons. The van der Waals surface area contributed by atoms with Crippen LogP contribution in [0.25, 0.3) is 0 Å². The zero-order valence-electron chi connectivity index (χ0n) is 11.3. The molecule has 0 aromatic carbocycles. The molecule has 7 nitrogen and oxygen atoms in total. The highest BCUT2D eigenvalue weighted by Gasteiger charge is 2.34. The van der Waals surface area contributed by atoms with E-state index in [1.807, 2.05) is 0 Å². The van der Waals surface area contributed by atoms with Gasteiger partial charge in [0.2, 0.25) is 0 Å². The summed E-state index contributed by atoms with van der Waals surface area (Å²) in [5.74, 6) is -1.34. The lowest BCUT2D eigenvalue weighted by molar-refractivity contribution is -0.128. The standard InChI is InChI=1S/C12H17N3O4S/c1-6-9(12(17)18)11(20-14-6)15(2)10(16)8-4-3-7(5-13)19-8/h7-8H,3-5,13H2,1-2H3,(H,17,18). The number of nitrogens with zero attached hydrogens (tertiary/aromatic N) is 2. The first-order chi connectivity index (χ1) is 9.45. The molecule has 0 saturated carbocycles. The van der Waals surface area contributed by atoms with Gasteiger partial charge in [-0.1, -0.05) is 0 Å². The molecule has 1 aromatic rings. The van der Waals surface area contributed by atoms with Crippen molar-refractivity contribution >= 4 is 28.4 Å². The van der Waals surface area contributed by atoms with Crippen molar-refractivity contribution in [1.29, 1.82) is 0 Å². The molecule has 1 fully saturated rings. The lowest BCUT2D eigenvalue weighted by Gasteiger charge is -2.20. The molecule has 1 aliphatic heterocycles. The van der Waals surface area contributed by atoms with Crippen LogP contribution in [0, 0.1) is 6.92 Å². The molecule has 1 saturated heterocycles. The van der Waals surface area contributed by atoms with Crippen LogP contribution in [-0.2, 0) is 9.53 Å². The third kappa shape index (κ3) is 2.67. The highest BCUT2D eigenvalue weighted by Crippen LogP contribution is 2.30. The van der Waals surface area contributed by atoms with Crippen molar-refractivity contribution < 1.29 is 19.4 Å². The van der Waals surface area contributed by atoms with E-state index in [1.54, 1.807) is 14.0 Å². The van der Waals surface area contributed by atoms with E-state index in [-0.39, 0.29) is 17.6 Å². The Bertz CT molecular complexity index is 531. The number of aromatic nitrogens is 1. The molecule has 0 aliphatic carbocycles. The number of carbonyl (C=O) groups excluding carboxylic acids is 1. The fraction of sp³-hybridized carbons (Fsp3) is 0.583. The van der Waals surface area contributed by atoms with Crippen LogP contribution in [0.2, 0.25) is 0 Å². The van der Waals surface area contributed by atoms with Crippen LogP contribution in [0.4, 0.5) is 5.00 Å². The molecule has 110 valence electrons. The third-order valence-corrected chi connectivity index (χ3v) is 4.36. The fourth-order valence-electron chi connectivity index (χ4n) is 2.21. The summed E-state index contributed by atoms with van der Waals surface area (Å²) < 4.78 is 9.55. The number of likely N-dealkylation sites (N-methyl/N-ethyl adjacent to an activating group) is 1. The number of hydrogen-bond acceptors (Lipinski definition) is 6. The minimum absolute atomic E-state index is 0.0687. The van der Waals surface area contributed by atoms with Crippen LogP contribution in [0.1, 0.15) is 28.9 Å². The van der Waals surface area contributed by atoms with Crippen LogP contribution >= 0.6 is 11.5 Å². The van der Waals surface area contributed by atoms with Gasteiger partial charge in [-0.2, -0.15) is 4.37 Å². The summed E-state index contributed by atoms with van der Waals surface area (Å²) in [4.78, 5) is 24.9. The fourth-order valence-corrected chi connectivity index (χ4v) is 3.06. The number of rotatable bonds is 4. The van der Waals surface area contributed by atoms with E-state index < -0.39 is 12.1 Å². The van der Waals surface area contributed by atoms with E-state index in [4.69, 9.17) is 10.5 Å². The molecule has 1 amide bonds. The first-order valence-electron chi connectivity index (χ1n) is 6.28. The molecule has 8 heteroatoms. The van der Waals surface area contributed by atoms with Crippen LogP contribution in [0.5, 0.6) is 0 Å². The zero-order valence-corrected chi connectivity index (χ0v) is 12.1.